The molecule has 2 heterocycles. The molecule has 0 atom stereocenters. The van der Waals surface area contributed by atoms with E-state index in [9.17, 15) is 8.42 Å². The molecule has 7 nitrogen and oxygen atoms in total. The molecule has 21 heavy (non-hydrogen) atoms. The van der Waals surface area contributed by atoms with Crippen LogP contribution in [0.2, 0.25) is 0 Å². The SMILES string of the molecule is CNCc1cc(S(=O)(=O)Nc2ncccn2)cn1C(C)C. The minimum absolute atomic E-state index is 0.0602. The van der Waals surface area contributed by atoms with Crippen molar-refractivity contribution in [3.05, 3.63) is 36.4 Å². The summed E-state index contributed by atoms with van der Waals surface area (Å²) < 4.78 is 29.0. The zero-order valence-corrected chi connectivity index (χ0v) is 13.1. The van der Waals surface area contributed by atoms with Gasteiger partial charge in [0.25, 0.3) is 10.0 Å². The largest absolute Gasteiger partial charge is 0.346 e. The predicted molar refractivity (Wildman–Crippen MR) is 80.4 cm³/mol. The Kier molecular flexibility index (Phi) is 4.59. The van der Waals surface area contributed by atoms with E-state index >= 15 is 0 Å². The molecule has 0 unspecified atom stereocenters. The third kappa shape index (κ3) is 3.59. The maximum Gasteiger partial charge on any atom is 0.265 e. The highest BCUT2D eigenvalue weighted by Gasteiger charge is 2.20. The molecule has 0 spiro atoms. The van der Waals surface area contributed by atoms with Crippen LogP contribution in [0.5, 0.6) is 0 Å². The van der Waals surface area contributed by atoms with Crippen LogP contribution >= 0.6 is 0 Å². The second-order valence-electron chi connectivity index (χ2n) is 4.88. The van der Waals surface area contributed by atoms with E-state index in [1.54, 1.807) is 18.3 Å². The molecule has 0 aliphatic rings. The Morgan fingerprint density at radius 3 is 2.52 bits per heavy atom. The fraction of sp³-hybridized carbons (Fsp3) is 0.385. The van der Waals surface area contributed by atoms with Gasteiger partial charge in [0.2, 0.25) is 5.95 Å². The van der Waals surface area contributed by atoms with Crippen LogP contribution in [0.15, 0.2) is 35.6 Å². The van der Waals surface area contributed by atoms with Crippen LogP contribution in [0.3, 0.4) is 0 Å². The highest BCUT2D eigenvalue weighted by atomic mass is 32.2. The van der Waals surface area contributed by atoms with E-state index in [1.165, 1.54) is 12.4 Å². The van der Waals surface area contributed by atoms with Gasteiger partial charge in [-0.05, 0) is 33.0 Å². The smallest absolute Gasteiger partial charge is 0.265 e. The quantitative estimate of drug-likeness (QED) is 0.841. The van der Waals surface area contributed by atoms with Crippen LogP contribution in [0.25, 0.3) is 0 Å². The van der Waals surface area contributed by atoms with Crippen molar-refractivity contribution in [3.63, 3.8) is 0 Å². The first-order valence-electron chi connectivity index (χ1n) is 6.59. The second kappa shape index (κ2) is 6.23. The minimum atomic E-state index is -3.69. The summed E-state index contributed by atoms with van der Waals surface area (Å²) in [6.45, 7) is 4.60. The summed E-state index contributed by atoms with van der Waals surface area (Å²) in [4.78, 5) is 7.94. The summed E-state index contributed by atoms with van der Waals surface area (Å²) >= 11 is 0. The molecule has 0 aliphatic carbocycles. The van der Waals surface area contributed by atoms with Crippen molar-refractivity contribution in [1.82, 2.24) is 19.9 Å². The van der Waals surface area contributed by atoms with Crippen LogP contribution < -0.4 is 10.0 Å². The molecule has 114 valence electrons. The standard InChI is InChI=1S/C13H19N5O2S/c1-10(2)18-9-12(7-11(18)8-14-3)21(19,20)17-13-15-5-4-6-16-13/h4-7,9-10,14H,8H2,1-3H3,(H,15,16,17). The van der Waals surface area contributed by atoms with Crippen molar-refractivity contribution in [2.24, 2.45) is 0 Å². The fourth-order valence-corrected chi connectivity index (χ4v) is 2.99. The Balaban J connectivity index is 2.34. The summed E-state index contributed by atoms with van der Waals surface area (Å²) in [7, 11) is -1.87. The van der Waals surface area contributed by atoms with Gasteiger partial charge in [-0.25, -0.2) is 23.1 Å². The van der Waals surface area contributed by atoms with E-state index < -0.39 is 10.0 Å². The minimum Gasteiger partial charge on any atom is -0.346 e. The van der Waals surface area contributed by atoms with Gasteiger partial charge in [0.15, 0.2) is 0 Å². The van der Waals surface area contributed by atoms with Crippen LogP contribution in [-0.4, -0.2) is 30.0 Å². The Bertz CT molecular complexity index is 695. The average Bonchev–Trinajstić information content (AvgIpc) is 2.85. The Hall–Kier alpha value is -1.93. The lowest BCUT2D eigenvalue weighted by Crippen LogP contribution is -2.14. The third-order valence-corrected chi connectivity index (χ3v) is 4.22. The first kappa shape index (κ1) is 15.5. The molecule has 0 amide bonds. The van der Waals surface area contributed by atoms with Crippen molar-refractivity contribution in [3.8, 4) is 0 Å². The number of sulfonamides is 1. The van der Waals surface area contributed by atoms with E-state index in [0.717, 1.165) is 5.69 Å². The molecular formula is C13H19N5O2S. The molecule has 0 saturated heterocycles. The van der Waals surface area contributed by atoms with Gasteiger partial charge in [-0.3, -0.25) is 0 Å². The van der Waals surface area contributed by atoms with Crippen molar-refractivity contribution in [1.29, 1.82) is 0 Å². The summed E-state index contributed by atoms with van der Waals surface area (Å²) in [5.41, 5.74) is 0.904. The Morgan fingerprint density at radius 2 is 1.95 bits per heavy atom. The first-order valence-corrected chi connectivity index (χ1v) is 8.07. The van der Waals surface area contributed by atoms with Gasteiger partial charge in [-0.2, -0.15) is 0 Å². The van der Waals surface area contributed by atoms with Gasteiger partial charge in [-0.15, -0.1) is 0 Å². The van der Waals surface area contributed by atoms with Crippen LogP contribution in [0, 0.1) is 0 Å². The normalized spacial score (nSPS) is 11.8. The van der Waals surface area contributed by atoms with E-state index in [-0.39, 0.29) is 16.9 Å². The fourth-order valence-electron chi connectivity index (χ4n) is 1.98. The van der Waals surface area contributed by atoms with Crippen molar-refractivity contribution >= 4 is 16.0 Å². The van der Waals surface area contributed by atoms with Gasteiger partial charge in [0, 0.05) is 36.9 Å². The highest BCUT2D eigenvalue weighted by Crippen LogP contribution is 2.20. The van der Waals surface area contributed by atoms with Gasteiger partial charge in [0.05, 0.1) is 0 Å². The monoisotopic (exact) mass is 309 g/mol. The van der Waals surface area contributed by atoms with Gasteiger partial charge < -0.3 is 9.88 Å². The number of anilines is 1. The molecule has 0 aromatic carbocycles. The van der Waals surface area contributed by atoms with Gasteiger partial charge in [-0.1, -0.05) is 0 Å². The maximum atomic E-state index is 12.4. The number of aromatic nitrogens is 3. The first-order chi connectivity index (χ1) is 9.94. The van der Waals surface area contributed by atoms with E-state index in [1.807, 2.05) is 25.5 Å². The average molecular weight is 309 g/mol. The van der Waals surface area contributed by atoms with Gasteiger partial charge >= 0.3 is 0 Å². The lowest BCUT2D eigenvalue weighted by molar-refractivity contribution is 0.562. The number of rotatable bonds is 6. The molecule has 0 radical (unpaired) electrons. The van der Waals surface area contributed by atoms with Crippen molar-refractivity contribution in [2.45, 2.75) is 31.3 Å². The summed E-state index contributed by atoms with van der Waals surface area (Å²) in [5.74, 6) is 0.0602. The number of nitrogens with zero attached hydrogens (tertiary/aromatic N) is 3. The predicted octanol–water partition coefficient (Wildman–Crippen LogP) is 1.38. The molecule has 2 N–H and O–H groups in total. The van der Waals surface area contributed by atoms with Crippen LogP contribution in [-0.2, 0) is 16.6 Å². The number of hydrogen-bond acceptors (Lipinski definition) is 5. The molecule has 8 heteroatoms. The summed E-state index contributed by atoms with van der Waals surface area (Å²) in [5, 5.41) is 3.03. The van der Waals surface area contributed by atoms with Crippen LogP contribution in [0.4, 0.5) is 5.95 Å². The molecule has 2 aromatic heterocycles. The molecule has 0 aliphatic heterocycles. The van der Waals surface area contributed by atoms with Crippen molar-refractivity contribution in [2.75, 3.05) is 11.8 Å². The molecule has 2 rings (SSSR count). The third-order valence-electron chi connectivity index (χ3n) is 2.92. The molecule has 2 aromatic rings. The Morgan fingerprint density at radius 1 is 1.29 bits per heavy atom. The zero-order valence-electron chi connectivity index (χ0n) is 12.2. The lowest BCUT2D eigenvalue weighted by Gasteiger charge is -2.11. The van der Waals surface area contributed by atoms with E-state index in [2.05, 4.69) is 20.0 Å². The Labute approximate surface area is 124 Å². The van der Waals surface area contributed by atoms with Crippen LogP contribution in [0.1, 0.15) is 25.6 Å². The van der Waals surface area contributed by atoms with E-state index in [4.69, 9.17) is 0 Å². The topological polar surface area (TPSA) is 88.9 Å². The number of nitrogens with one attached hydrogen (secondary N) is 2. The highest BCUT2D eigenvalue weighted by molar-refractivity contribution is 7.92. The number of hydrogen-bond donors (Lipinski definition) is 2. The zero-order chi connectivity index (χ0) is 15.5. The molecule has 0 saturated carbocycles. The lowest BCUT2D eigenvalue weighted by atomic mass is 10.3. The maximum absolute atomic E-state index is 12.4. The van der Waals surface area contributed by atoms with Crippen molar-refractivity contribution < 1.29 is 8.42 Å². The molecule has 0 bridgehead atoms. The molecular weight excluding hydrogens is 290 g/mol. The van der Waals surface area contributed by atoms with E-state index in [0.29, 0.717) is 6.54 Å². The summed E-state index contributed by atoms with van der Waals surface area (Å²) in [6.07, 6.45) is 4.59. The van der Waals surface area contributed by atoms with Gasteiger partial charge in [0.1, 0.15) is 4.90 Å². The molecule has 0 fully saturated rings. The summed E-state index contributed by atoms with van der Waals surface area (Å²) in [6, 6.07) is 3.45. The second-order valence-corrected chi connectivity index (χ2v) is 6.56.